The predicted molar refractivity (Wildman–Crippen MR) is 93.6 cm³/mol. The molecule has 0 saturated carbocycles. The fourth-order valence-electron chi connectivity index (χ4n) is 2.57. The lowest BCUT2D eigenvalue weighted by Crippen LogP contribution is -2.22. The summed E-state index contributed by atoms with van der Waals surface area (Å²) in [6, 6.07) is 17.6. The molecule has 0 aliphatic heterocycles. The Morgan fingerprint density at radius 3 is 2.48 bits per heavy atom. The highest BCUT2D eigenvalue weighted by Crippen LogP contribution is 2.17. The quantitative estimate of drug-likeness (QED) is 0.556. The number of aromatic amines is 1. The van der Waals surface area contributed by atoms with E-state index in [1.807, 2.05) is 54.6 Å². The average molecular weight is 305 g/mol. The standard InChI is InChI=1S/C19H19N3O/c1-13(2)18(14-8-4-3-5-9-14)21-22-19(23)16-12-20-17-11-7-6-10-15(16)17/h3-13,20H,1-2H3,(H,22,23)/b21-18+. The van der Waals surface area contributed by atoms with Crippen LogP contribution in [-0.4, -0.2) is 16.6 Å². The fourth-order valence-corrected chi connectivity index (χ4v) is 2.57. The topological polar surface area (TPSA) is 57.2 Å². The van der Waals surface area contributed by atoms with E-state index in [1.165, 1.54) is 0 Å². The lowest BCUT2D eigenvalue weighted by atomic mass is 10.0. The van der Waals surface area contributed by atoms with E-state index in [1.54, 1.807) is 6.20 Å². The van der Waals surface area contributed by atoms with Crippen molar-refractivity contribution >= 4 is 22.5 Å². The van der Waals surface area contributed by atoms with Gasteiger partial charge in [-0.2, -0.15) is 5.10 Å². The van der Waals surface area contributed by atoms with Crippen LogP contribution in [0.1, 0.15) is 29.8 Å². The predicted octanol–water partition coefficient (Wildman–Crippen LogP) is 3.96. The molecule has 0 atom stereocenters. The van der Waals surface area contributed by atoms with Gasteiger partial charge in [0.2, 0.25) is 0 Å². The first-order valence-corrected chi connectivity index (χ1v) is 7.66. The molecular formula is C19H19N3O. The van der Waals surface area contributed by atoms with Crippen molar-refractivity contribution in [3.63, 3.8) is 0 Å². The number of fused-ring (bicyclic) bond motifs is 1. The van der Waals surface area contributed by atoms with Crippen LogP contribution in [-0.2, 0) is 0 Å². The molecule has 1 amide bonds. The molecule has 2 N–H and O–H groups in total. The zero-order valence-electron chi connectivity index (χ0n) is 13.2. The number of carbonyl (C=O) groups excluding carboxylic acids is 1. The summed E-state index contributed by atoms with van der Waals surface area (Å²) in [4.78, 5) is 15.5. The molecular weight excluding hydrogens is 286 g/mol. The van der Waals surface area contributed by atoms with Gasteiger partial charge in [-0.05, 0) is 17.5 Å². The van der Waals surface area contributed by atoms with Crippen molar-refractivity contribution in [3.05, 3.63) is 71.9 Å². The molecule has 1 aromatic heterocycles. The van der Waals surface area contributed by atoms with Gasteiger partial charge in [0, 0.05) is 17.1 Å². The molecule has 0 aliphatic carbocycles. The van der Waals surface area contributed by atoms with Crippen LogP contribution in [0, 0.1) is 5.92 Å². The number of carbonyl (C=O) groups is 1. The number of nitrogens with one attached hydrogen (secondary N) is 2. The Labute approximate surface area is 135 Å². The number of amides is 1. The Kier molecular flexibility index (Phi) is 4.24. The molecule has 0 radical (unpaired) electrons. The number of hydrazone groups is 1. The van der Waals surface area contributed by atoms with Gasteiger partial charge in [-0.15, -0.1) is 0 Å². The second kappa shape index (κ2) is 6.48. The molecule has 0 saturated heterocycles. The molecule has 0 unspecified atom stereocenters. The van der Waals surface area contributed by atoms with Crippen LogP contribution in [0.25, 0.3) is 10.9 Å². The van der Waals surface area contributed by atoms with E-state index in [4.69, 9.17) is 0 Å². The summed E-state index contributed by atoms with van der Waals surface area (Å²) in [6.07, 6.45) is 1.72. The Hall–Kier alpha value is -2.88. The number of para-hydroxylation sites is 1. The molecule has 4 nitrogen and oxygen atoms in total. The van der Waals surface area contributed by atoms with Crippen molar-refractivity contribution in [1.29, 1.82) is 0 Å². The van der Waals surface area contributed by atoms with Crippen LogP contribution in [0.4, 0.5) is 0 Å². The molecule has 3 aromatic rings. The van der Waals surface area contributed by atoms with E-state index in [9.17, 15) is 4.79 Å². The minimum atomic E-state index is -0.212. The van der Waals surface area contributed by atoms with Crippen molar-refractivity contribution < 1.29 is 4.79 Å². The summed E-state index contributed by atoms with van der Waals surface area (Å²) < 4.78 is 0. The summed E-state index contributed by atoms with van der Waals surface area (Å²) in [6.45, 7) is 4.12. The summed E-state index contributed by atoms with van der Waals surface area (Å²) in [5, 5.41) is 5.25. The number of aromatic nitrogens is 1. The average Bonchev–Trinajstić information content (AvgIpc) is 2.99. The Balaban J connectivity index is 1.87. The monoisotopic (exact) mass is 305 g/mol. The van der Waals surface area contributed by atoms with Crippen LogP contribution in [0.15, 0.2) is 65.9 Å². The number of benzene rings is 2. The first-order chi connectivity index (χ1) is 11.2. The number of rotatable bonds is 4. The number of nitrogens with zero attached hydrogens (tertiary/aromatic N) is 1. The third kappa shape index (κ3) is 3.16. The maximum absolute atomic E-state index is 12.4. The van der Waals surface area contributed by atoms with Gasteiger partial charge in [0.15, 0.2) is 0 Å². The zero-order valence-corrected chi connectivity index (χ0v) is 13.2. The van der Waals surface area contributed by atoms with E-state index >= 15 is 0 Å². The molecule has 0 fully saturated rings. The molecule has 116 valence electrons. The first kappa shape index (κ1) is 15.0. The lowest BCUT2D eigenvalue weighted by Gasteiger charge is -2.10. The number of hydrogen-bond donors (Lipinski definition) is 2. The van der Waals surface area contributed by atoms with E-state index in [-0.39, 0.29) is 11.8 Å². The van der Waals surface area contributed by atoms with Gasteiger partial charge >= 0.3 is 0 Å². The molecule has 3 rings (SSSR count). The van der Waals surface area contributed by atoms with Crippen molar-refractivity contribution in [1.82, 2.24) is 10.4 Å². The van der Waals surface area contributed by atoms with E-state index in [0.717, 1.165) is 22.2 Å². The highest BCUT2D eigenvalue weighted by atomic mass is 16.2. The molecule has 2 aromatic carbocycles. The van der Waals surface area contributed by atoms with Crippen molar-refractivity contribution in [3.8, 4) is 0 Å². The van der Waals surface area contributed by atoms with Crippen molar-refractivity contribution in [2.45, 2.75) is 13.8 Å². The van der Waals surface area contributed by atoms with Gasteiger partial charge in [-0.1, -0.05) is 62.4 Å². The largest absolute Gasteiger partial charge is 0.360 e. The van der Waals surface area contributed by atoms with Crippen LogP contribution in [0.3, 0.4) is 0 Å². The second-order valence-corrected chi connectivity index (χ2v) is 5.71. The molecule has 1 heterocycles. The van der Waals surface area contributed by atoms with E-state index in [2.05, 4.69) is 29.4 Å². The summed E-state index contributed by atoms with van der Waals surface area (Å²) >= 11 is 0. The molecule has 23 heavy (non-hydrogen) atoms. The van der Waals surface area contributed by atoms with Crippen molar-refractivity contribution in [2.75, 3.05) is 0 Å². The summed E-state index contributed by atoms with van der Waals surface area (Å²) in [5.41, 5.74) is 6.10. The van der Waals surface area contributed by atoms with E-state index in [0.29, 0.717) is 5.56 Å². The van der Waals surface area contributed by atoms with Gasteiger partial charge in [-0.25, -0.2) is 5.43 Å². The fraction of sp³-hybridized carbons (Fsp3) is 0.158. The normalized spacial score (nSPS) is 11.9. The highest BCUT2D eigenvalue weighted by Gasteiger charge is 2.13. The number of hydrogen-bond acceptors (Lipinski definition) is 2. The Morgan fingerprint density at radius 1 is 1.04 bits per heavy atom. The summed E-state index contributed by atoms with van der Waals surface area (Å²) in [5.74, 6) is -0.00259. The maximum Gasteiger partial charge on any atom is 0.273 e. The van der Waals surface area contributed by atoms with Gasteiger partial charge in [0.1, 0.15) is 0 Å². The van der Waals surface area contributed by atoms with Gasteiger partial charge < -0.3 is 4.98 Å². The van der Waals surface area contributed by atoms with Gasteiger partial charge in [-0.3, -0.25) is 4.79 Å². The van der Waals surface area contributed by atoms with Crippen LogP contribution in [0.2, 0.25) is 0 Å². The van der Waals surface area contributed by atoms with Crippen LogP contribution in [0.5, 0.6) is 0 Å². The minimum Gasteiger partial charge on any atom is -0.360 e. The van der Waals surface area contributed by atoms with Crippen molar-refractivity contribution in [2.24, 2.45) is 11.0 Å². The SMILES string of the molecule is CC(C)/C(=N\NC(=O)c1c[nH]c2ccccc12)c1ccccc1. The summed E-state index contributed by atoms with van der Waals surface area (Å²) in [7, 11) is 0. The highest BCUT2D eigenvalue weighted by molar-refractivity contribution is 6.08. The number of H-pyrrole nitrogens is 1. The third-order valence-electron chi connectivity index (χ3n) is 3.73. The van der Waals surface area contributed by atoms with Crippen LogP contribution >= 0.6 is 0 Å². The molecule has 4 heteroatoms. The molecule has 0 spiro atoms. The third-order valence-corrected chi connectivity index (χ3v) is 3.73. The zero-order chi connectivity index (χ0) is 16.2. The molecule has 0 aliphatic rings. The Bertz CT molecular complexity index is 847. The second-order valence-electron chi connectivity index (χ2n) is 5.71. The smallest absolute Gasteiger partial charge is 0.273 e. The maximum atomic E-state index is 12.4. The van der Waals surface area contributed by atoms with Crippen LogP contribution < -0.4 is 5.43 Å². The molecule has 0 bridgehead atoms. The minimum absolute atomic E-state index is 0.209. The lowest BCUT2D eigenvalue weighted by molar-refractivity contribution is 0.0956. The first-order valence-electron chi connectivity index (χ1n) is 7.66. The Morgan fingerprint density at radius 2 is 1.74 bits per heavy atom. The van der Waals surface area contributed by atoms with E-state index < -0.39 is 0 Å². The van der Waals surface area contributed by atoms with Gasteiger partial charge in [0.05, 0.1) is 11.3 Å². The van der Waals surface area contributed by atoms with Gasteiger partial charge in [0.25, 0.3) is 5.91 Å².